The van der Waals surface area contributed by atoms with Crippen molar-refractivity contribution in [1.82, 2.24) is 0 Å². The predicted octanol–water partition coefficient (Wildman–Crippen LogP) is 8.07. The molecular weight excluding hydrogens is 554 g/mol. The van der Waals surface area contributed by atoms with E-state index in [1.165, 1.54) is 38.5 Å². The summed E-state index contributed by atoms with van der Waals surface area (Å²) in [5.74, 6) is 4.24. The molecule has 7 nitrogen and oxygen atoms in total. The Kier molecular flexibility index (Phi) is 9.00. The van der Waals surface area contributed by atoms with Crippen LogP contribution in [0.15, 0.2) is 36.6 Å². The Bertz CT molecular complexity index is 1300. The number of ketones is 1. The number of Topliss-reactive ketones (excluding diaryl/α,β-unsaturated/α-hetero) is 1. The maximum atomic E-state index is 13.0. The summed E-state index contributed by atoms with van der Waals surface area (Å²) in [6.45, 7) is 11.2. The minimum absolute atomic E-state index is 0.0983. The smallest absolute Gasteiger partial charge is 0.411 e. The van der Waals surface area contributed by atoms with Crippen molar-refractivity contribution in [3.05, 3.63) is 42.2 Å². The molecule has 6 rings (SSSR count). The highest BCUT2D eigenvalue weighted by Gasteiger charge is 2.60. The van der Waals surface area contributed by atoms with Crippen molar-refractivity contribution < 1.29 is 28.9 Å². The first kappa shape index (κ1) is 31.3. The van der Waals surface area contributed by atoms with Crippen molar-refractivity contribution >= 4 is 23.1 Å². The molecule has 0 aromatic heterocycles. The summed E-state index contributed by atoms with van der Waals surface area (Å²) in [6.07, 6.45) is 13.9. The Morgan fingerprint density at radius 1 is 1.07 bits per heavy atom. The topological polar surface area (TPSA) is 94.1 Å². The van der Waals surface area contributed by atoms with Crippen molar-refractivity contribution in [3.8, 4) is 5.75 Å². The van der Waals surface area contributed by atoms with Gasteiger partial charge >= 0.3 is 6.09 Å². The number of hydrogen-bond donors (Lipinski definition) is 2. The third-order valence-electron chi connectivity index (χ3n) is 12.3. The highest BCUT2D eigenvalue weighted by atomic mass is 16.5. The third kappa shape index (κ3) is 5.99. The number of nitrogens with one attached hydrogen (secondary N) is 1. The van der Waals surface area contributed by atoms with E-state index in [-0.39, 0.29) is 30.0 Å². The van der Waals surface area contributed by atoms with Gasteiger partial charge in [-0.15, -0.1) is 0 Å². The molecule has 4 fully saturated rings. The van der Waals surface area contributed by atoms with Crippen LogP contribution in [0.1, 0.15) is 103 Å². The van der Waals surface area contributed by atoms with Gasteiger partial charge in [0.15, 0.2) is 5.78 Å². The van der Waals surface area contributed by atoms with Crippen LogP contribution in [0.5, 0.6) is 5.75 Å². The lowest BCUT2D eigenvalue weighted by Crippen LogP contribution is -2.54. The maximum Gasteiger partial charge on any atom is 0.411 e. The van der Waals surface area contributed by atoms with Crippen LogP contribution < -0.4 is 10.1 Å². The number of fused-ring (bicyclic) bond motifs is 6. The molecule has 1 heterocycles. The van der Waals surface area contributed by atoms with Gasteiger partial charge in [0, 0.05) is 23.7 Å². The standard InChI is InChI=1S/C37H51NO6/c1-5-42-35(41)38-26-10-12-29-24(19-23(2)44-33(29)21-26)7-6-8-28(40)22-43-34-14-13-31-30-11-9-25-20-27(39)15-17-36(25,3)32(30)16-18-37(31,34)4/h10,12,19,21,25,27,30-32,34,39H,2,5-9,11,13-18,20,22H2,1,3-4H3,(H,38,41)/t25-,27+,30-,31-,32-,34-,36-,37-/m0/s1. The van der Waals surface area contributed by atoms with Gasteiger partial charge in [-0.3, -0.25) is 10.1 Å². The second kappa shape index (κ2) is 12.6. The fourth-order valence-electron chi connectivity index (χ4n) is 10.1. The first-order valence-electron chi connectivity index (χ1n) is 17.1. The fourth-order valence-corrected chi connectivity index (χ4v) is 10.1. The lowest BCUT2D eigenvalue weighted by molar-refractivity contribution is -0.146. The van der Waals surface area contributed by atoms with E-state index in [0.717, 1.165) is 55.1 Å². The molecule has 1 aromatic carbocycles. The Morgan fingerprint density at radius 3 is 2.68 bits per heavy atom. The normalized spacial score (nSPS) is 35.7. The average Bonchev–Trinajstić information content (AvgIpc) is 3.32. The maximum absolute atomic E-state index is 13.0. The molecule has 44 heavy (non-hydrogen) atoms. The fraction of sp³-hybridized carbons (Fsp3) is 0.676. The van der Waals surface area contributed by atoms with Gasteiger partial charge in [-0.25, -0.2) is 4.79 Å². The van der Waals surface area contributed by atoms with Crippen molar-refractivity contribution in [3.63, 3.8) is 0 Å². The summed E-state index contributed by atoms with van der Waals surface area (Å²) in [4.78, 5) is 24.8. The molecule has 4 aliphatic carbocycles. The summed E-state index contributed by atoms with van der Waals surface area (Å²) in [5, 5.41) is 13.0. The molecule has 0 bridgehead atoms. The van der Waals surface area contributed by atoms with Gasteiger partial charge in [-0.05, 0) is 136 Å². The summed E-state index contributed by atoms with van der Waals surface area (Å²) >= 11 is 0. The first-order chi connectivity index (χ1) is 21.1. The van der Waals surface area contributed by atoms with E-state index in [2.05, 4.69) is 25.7 Å². The molecule has 0 saturated heterocycles. The minimum atomic E-state index is -0.504. The molecule has 7 heteroatoms. The molecule has 240 valence electrons. The molecular formula is C37H51NO6. The molecule has 8 atom stereocenters. The molecule has 4 saturated carbocycles. The molecule has 1 amide bonds. The number of ether oxygens (including phenoxy) is 3. The summed E-state index contributed by atoms with van der Waals surface area (Å²) in [5.41, 5.74) is 3.16. The van der Waals surface area contributed by atoms with Crippen molar-refractivity contribution in [2.45, 2.75) is 110 Å². The van der Waals surface area contributed by atoms with Crippen LogP contribution in [0.3, 0.4) is 0 Å². The van der Waals surface area contributed by atoms with E-state index in [9.17, 15) is 14.7 Å². The summed E-state index contributed by atoms with van der Waals surface area (Å²) < 4.78 is 17.3. The van der Waals surface area contributed by atoms with Gasteiger partial charge in [-0.2, -0.15) is 0 Å². The van der Waals surface area contributed by atoms with Crippen molar-refractivity contribution in [1.29, 1.82) is 0 Å². The number of rotatable bonds is 9. The zero-order valence-corrected chi connectivity index (χ0v) is 26.9. The SMILES string of the molecule is C=C1C=C(CCCC(=O)CO[C@H]2CC[C@H]3[C@@H]4CC[C@H]5C[C@H](O)CC[C@]5(C)[C@H]4CC[C@]23C)c2ccc(NC(=O)OCC)cc2O1. The average molecular weight is 606 g/mol. The van der Waals surface area contributed by atoms with Crippen LogP contribution in [0.2, 0.25) is 0 Å². The van der Waals surface area contributed by atoms with Crippen LogP contribution in [0.4, 0.5) is 10.5 Å². The number of amides is 1. The first-order valence-corrected chi connectivity index (χ1v) is 17.1. The number of anilines is 1. The molecule has 1 aromatic rings. The molecule has 0 radical (unpaired) electrons. The quantitative estimate of drug-likeness (QED) is 0.296. The van der Waals surface area contributed by atoms with Gasteiger partial charge in [0.2, 0.25) is 0 Å². The molecule has 0 unspecified atom stereocenters. The summed E-state index contributed by atoms with van der Waals surface area (Å²) in [6, 6.07) is 5.53. The van der Waals surface area contributed by atoms with Crippen molar-refractivity contribution in [2.75, 3.05) is 18.5 Å². The number of carbonyl (C=O) groups is 2. The van der Waals surface area contributed by atoms with Crippen LogP contribution >= 0.6 is 0 Å². The number of benzene rings is 1. The van der Waals surface area contributed by atoms with E-state index in [1.54, 1.807) is 13.0 Å². The third-order valence-corrected chi connectivity index (χ3v) is 12.3. The lowest BCUT2D eigenvalue weighted by atomic mass is 9.45. The highest BCUT2D eigenvalue weighted by Crippen LogP contribution is 2.66. The number of aliphatic hydroxyl groups excluding tert-OH is 1. The zero-order chi connectivity index (χ0) is 31.1. The number of allylic oxidation sites excluding steroid dienone is 2. The van der Waals surface area contributed by atoms with E-state index < -0.39 is 6.09 Å². The monoisotopic (exact) mass is 605 g/mol. The van der Waals surface area contributed by atoms with Gasteiger partial charge < -0.3 is 19.3 Å². The second-order valence-corrected chi connectivity index (χ2v) is 14.7. The molecule has 1 aliphatic heterocycles. The van der Waals surface area contributed by atoms with E-state index in [4.69, 9.17) is 14.2 Å². The predicted molar refractivity (Wildman–Crippen MR) is 171 cm³/mol. The van der Waals surface area contributed by atoms with E-state index in [0.29, 0.717) is 47.5 Å². The molecule has 2 N–H and O–H groups in total. The van der Waals surface area contributed by atoms with Crippen LogP contribution in [-0.4, -0.2) is 42.4 Å². The molecule has 0 spiro atoms. The highest BCUT2D eigenvalue weighted by molar-refractivity contribution is 5.86. The van der Waals surface area contributed by atoms with Gasteiger partial charge in [0.1, 0.15) is 18.1 Å². The molecule has 5 aliphatic rings. The van der Waals surface area contributed by atoms with E-state index >= 15 is 0 Å². The number of hydrogen-bond acceptors (Lipinski definition) is 6. The Labute approximate surface area is 262 Å². The van der Waals surface area contributed by atoms with Gasteiger partial charge in [0.25, 0.3) is 0 Å². The van der Waals surface area contributed by atoms with Gasteiger partial charge in [0.05, 0.1) is 18.8 Å². The largest absolute Gasteiger partial charge is 0.457 e. The van der Waals surface area contributed by atoms with E-state index in [1.807, 2.05) is 18.2 Å². The Morgan fingerprint density at radius 2 is 1.86 bits per heavy atom. The van der Waals surface area contributed by atoms with Crippen LogP contribution in [-0.2, 0) is 14.3 Å². The zero-order valence-electron chi connectivity index (χ0n) is 26.9. The van der Waals surface area contributed by atoms with Crippen LogP contribution in [0, 0.1) is 34.5 Å². The second-order valence-electron chi connectivity index (χ2n) is 14.7. The number of carbonyl (C=O) groups excluding carboxylic acids is 2. The Hall–Kier alpha value is -2.64. The minimum Gasteiger partial charge on any atom is -0.457 e. The summed E-state index contributed by atoms with van der Waals surface area (Å²) in [7, 11) is 0. The van der Waals surface area contributed by atoms with Crippen LogP contribution in [0.25, 0.3) is 5.57 Å². The number of aliphatic hydroxyl groups is 1. The Balaban J connectivity index is 0.997. The van der Waals surface area contributed by atoms with Crippen molar-refractivity contribution in [2.24, 2.45) is 34.5 Å². The van der Waals surface area contributed by atoms with Gasteiger partial charge in [-0.1, -0.05) is 20.4 Å². The lowest BCUT2D eigenvalue weighted by Gasteiger charge is -2.60.